The Kier molecular flexibility index (Phi) is 5.68. The molecule has 1 heterocycles. The second-order valence-electron chi connectivity index (χ2n) is 4.75. The Morgan fingerprint density at radius 2 is 2.15 bits per heavy atom. The number of halogens is 1. The van der Waals surface area contributed by atoms with Gasteiger partial charge in [-0.1, -0.05) is 22.9 Å². The van der Waals surface area contributed by atoms with Crippen molar-refractivity contribution in [3.05, 3.63) is 51.9 Å². The molecule has 0 amide bonds. The van der Waals surface area contributed by atoms with Gasteiger partial charge in [0.15, 0.2) is 0 Å². The molecule has 20 heavy (non-hydrogen) atoms. The van der Waals surface area contributed by atoms with Crippen LogP contribution >= 0.6 is 15.9 Å². The van der Waals surface area contributed by atoms with Crippen molar-refractivity contribution >= 4 is 15.9 Å². The third-order valence-corrected chi connectivity index (χ3v) is 3.97. The quantitative estimate of drug-likeness (QED) is 0.759. The van der Waals surface area contributed by atoms with Gasteiger partial charge < -0.3 is 14.5 Å². The van der Waals surface area contributed by atoms with E-state index in [-0.39, 0.29) is 0 Å². The fraction of sp³-hybridized carbons (Fsp3) is 0.375. The molecule has 0 aliphatic heterocycles. The molecule has 0 aliphatic carbocycles. The summed E-state index contributed by atoms with van der Waals surface area (Å²) in [5.41, 5.74) is 2.32. The molecule has 0 spiro atoms. The van der Waals surface area contributed by atoms with E-state index in [1.807, 2.05) is 31.2 Å². The zero-order valence-corrected chi connectivity index (χ0v) is 13.5. The highest BCUT2D eigenvalue weighted by Crippen LogP contribution is 2.23. The molecule has 2 rings (SSSR count). The fourth-order valence-corrected chi connectivity index (χ4v) is 2.15. The summed E-state index contributed by atoms with van der Waals surface area (Å²) < 4.78 is 12.4. The summed E-state index contributed by atoms with van der Waals surface area (Å²) in [5, 5.41) is 3.37. The first-order chi connectivity index (χ1) is 9.70. The highest BCUT2D eigenvalue weighted by atomic mass is 79.9. The van der Waals surface area contributed by atoms with Crippen LogP contribution in [0.4, 0.5) is 0 Å². The number of aryl methyl sites for hydroxylation is 1. The lowest BCUT2D eigenvalue weighted by Crippen LogP contribution is -2.14. The predicted octanol–water partition coefficient (Wildman–Crippen LogP) is 4.43. The lowest BCUT2D eigenvalue weighted by Gasteiger charge is -2.08. The minimum Gasteiger partial charge on any atom is -0.486 e. The van der Waals surface area contributed by atoms with E-state index < -0.39 is 0 Å². The third kappa shape index (κ3) is 4.12. The lowest BCUT2D eigenvalue weighted by atomic mass is 10.2. The highest BCUT2D eigenvalue weighted by Gasteiger charge is 2.07. The Morgan fingerprint density at radius 1 is 1.30 bits per heavy atom. The summed E-state index contributed by atoms with van der Waals surface area (Å²) in [5.74, 6) is 1.74. The molecule has 0 unspecified atom stereocenters. The van der Waals surface area contributed by atoms with E-state index in [1.165, 1.54) is 0 Å². The first-order valence-electron chi connectivity index (χ1n) is 6.85. The molecule has 1 N–H and O–H groups in total. The van der Waals surface area contributed by atoms with Gasteiger partial charge in [-0.3, -0.25) is 0 Å². The van der Waals surface area contributed by atoms with Crippen molar-refractivity contribution in [3.63, 3.8) is 0 Å². The molecule has 0 fully saturated rings. The average Bonchev–Trinajstić information content (AvgIpc) is 2.88. The molecular formula is C16H20BrNO2. The monoisotopic (exact) mass is 337 g/mol. The van der Waals surface area contributed by atoms with Gasteiger partial charge in [-0.15, -0.1) is 0 Å². The number of hydrogen-bond acceptors (Lipinski definition) is 3. The SMILES string of the molecule is CCCNCc1ccoc1COc1ccc(Br)c(C)c1. The van der Waals surface area contributed by atoms with E-state index in [1.54, 1.807) is 6.26 Å². The van der Waals surface area contributed by atoms with Crippen LogP contribution in [0, 0.1) is 6.92 Å². The van der Waals surface area contributed by atoms with E-state index in [9.17, 15) is 0 Å². The molecule has 1 aromatic heterocycles. The summed E-state index contributed by atoms with van der Waals surface area (Å²) >= 11 is 3.48. The maximum atomic E-state index is 5.79. The number of hydrogen-bond donors (Lipinski definition) is 1. The van der Waals surface area contributed by atoms with Crippen LogP contribution < -0.4 is 10.1 Å². The van der Waals surface area contributed by atoms with Gasteiger partial charge in [0, 0.05) is 16.6 Å². The van der Waals surface area contributed by atoms with Gasteiger partial charge in [0.05, 0.1) is 6.26 Å². The van der Waals surface area contributed by atoms with Crippen LogP contribution in [0.25, 0.3) is 0 Å². The van der Waals surface area contributed by atoms with Crippen molar-refractivity contribution in [2.45, 2.75) is 33.4 Å². The van der Waals surface area contributed by atoms with Crippen LogP contribution in [0.15, 0.2) is 39.4 Å². The highest BCUT2D eigenvalue weighted by molar-refractivity contribution is 9.10. The number of rotatable bonds is 7. The Bertz CT molecular complexity index is 551. The van der Waals surface area contributed by atoms with E-state index >= 15 is 0 Å². The summed E-state index contributed by atoms with van der Waals surface area (Å²) in [6.45, 7) is 6.49. The third-order valence-electron chi connectivity index (χ3n) is 3.08. The van der Waals surface area contributed by atoms with Crippen molar-refractivity contribution in [1.82, 2.24) is 5.32 Å². The van der Waals surface area contributed by atoms with Crippen molar-refractivity contribution in [2.24, 2.45) is 0 Å². The first kappa shape index (κ1) is 15.1. The number of benzene rings is 1. The van der Waals surface area contributed by atoms with Gasteiger partial charge in [-0.05, 0) is 49.7 Å². The van der Waals surface area contributed by atoms with Crippen molar-refractivity contribution in [3.8, 4) is 5.75 Å². The molecule has 4 heteroatoms. The lowest BCUT2D eigenvalue weighted by molar-refractivity contribution is 0.268. The molecule has 0 atom stereocenters. The summed E-state index contributed by atoms with van der Waals surface area (Å²) in [7, 11) is 0. The minimum atomic E-state index is 0.456. The Labute approximate surface area is 128 Å². The molecule has 0 saturated heterocycles. The van der Waals surface area contributed by atoms with Gasteiger partial charge in [0.1, 0.15) is 18.1 Å². The minimum absolute atomic E-state index is 0.456. The van der Waals surface area contributed by atoms with Gasteiger partial charge in [-0.2, -0.15) is 0 Å². The van der Waals surface area contributed by atoms with Gasteiger partial charge in [0.2, 0.25) is 0 Å². The van der Waals surface area contributed by atoms with Crippen molar-refractivity contribution in [2.75, 3.05) is 6.54 Å². The zero-order chi connectivity index (χ0) is 14.4. The summed E-state index contributed by atoms with van der Waals surface area (Å²) in [4.78, 5) is 0. The number of nitrogens with one attached hydrogen (secondary N) is 1. The van der Waals surface area contributed by atoms with Crippen LogP contribution in [-0.4, -0.2) is 6.54 Å². The smallest absolute Gasteiger partial charge is 0.146 e. The van der Waals surface area contributed by atoms with E-state index in [0.717, 1.165) is 46.6 Å². The molecule has 3 nitrogen and oxygen atoms in total. The van der Waals surface area contributed by atoms with Gasteiger partial charge in [-0.25, -0.2) is 0 Å². The molecule has 0 aliphatic rings. The van der Waals surface area contributed by atoms with Gasteiger partial charge in [0.25, 0.3) is 0 Å². The topological polar surface area (TPSA) is 34.4 Å². The maximum absolute atomic E-state index is 5.79. The van der Waals surface area contributed by atoms with E-state index in [4.69, 9.17) is 9.15 Å². The summed E-state index contributed by atoms with van der Waals surface area (Å²) in [6.07, 6.45) is 2.84. The average molecular weight is 338 g/mol. The van der Waals surface area contributed by atoms with Crippen molar-refractivity contribution < 1.29 is 9.15 Å². The normalized spacial score (nSPS) is 10.8. The Hall–Kier alpha value is -1.26. The van der Waals surface area contributed by atoms with Gasteiger partial charge >= 0.3 is 0 Å². The molecule has 108 valence electrons. The Balaban J connectivity index is 1.93. The molecule has 2 aromatic rings. The first-order valence-corrected chi connectivity index (χ1v) is 7.65. The second kappa shape index (κ2) is 7.50. The zero-order valence-electron chi connectivity index (χ0n) is 11.9. The number of furan rings is 1. The standard InChI is InChI=1S/C16H20BrNO2/c1-3-7-18-10-13-6-8-19-16(13)11-20-14-4-5-15(17)12(2)9-14/h4-6,8-9,18H,3,7,10-11H2,1-2H3. The predicted molar refractivity (Wildman–Crippen MR) is 83.9 cm³/mol. The molecule has 1 aromatic carbocycles. The largest absolute Gasteiger partial charge is 0.486 e. The van der Waals surface area contributed by atoms with E-state index in [0.29, 0.717) is 6.61 Å². The van der Waals surface area contributed by atoms with E-state index in [2.05, 4.69) is 28.2 Å². The Morgan fingerprint density at radius 3 is 2.90 bits per heavy atom. The number of ether oxygens (including phenoxy) is 1. The van der Waals surface area contributed by atoms with Crippen LogP contribution in [0.2, 0.25) is 0 Å². The summed E-state index contributed by atoms with van der Waals surface area (Å²) in [6, 6.07) is 7.96. The molecule has 0 radical (unpaired) electrons. The van der Waals surface area contributed by atoms with Crippen LogP contribution in [0.5, 0.6) is 5.75 Å². The van der Waals surface area contributed by atoms with Crippen molar-refractivity contribution in [1.29, 1.82) is 0 Å². The fourth-order valence-electron chi connectivity index (χ4n) is 1.91. The molecular weight excluding hydrogens is 318 g/mol. The van der Waals surface area contributed by atoms with Crippen LogP contribution in [-0.2, 0) is 13.2 Å². The maximum Gasteiger partial charge on any atom is 0.146 e. The molecule has 0 saturated carbocycles. The second-order valence-corrected chi connectivity index (χ2v) is 5.60. The van der Waals surface area contributed by atoms with Crippen LogP contribution in [0.1, 0.15) is 30.2 Å². The van der Waals surface area contributed by atoms with Crippen LogP contribution in [0.3, 0.4) is 0 Å². The molecule has 0 bridgehead atoms.